The topological polar surface area (TPSA) is 12.9 Å². The lowest BCUT2D eigenvalue weighted by Crippen LogP contribution is -2.04. The summed E-state index contributed by atoms with van der Waals surface area (Å²) in [6.45, 7) is 12.9. The van der Waals surface area contributed by atoms with Crippen molar-refractivity contribution in [2.24, 2.45) is 0 Å². The molecule has 4 aromatic rings. The number of hydrogen-bond acceptors (Lipinski definition) is 1. The SMILES string of the molecule is C=C(C)C=C(c1ccccc1)c1ccc2c(-c3ccccc3)cc(C)nc2c1C(C)CC. The van der Waals surface area contributed by atoms with Gasteiger partial charge in [0, 0.05) is 11.1 Å². The lowest BCUT2D eigenvalue weighted by Gasteiger charge is -2.22. The molecule has 4 rings (SSSR count). The van der Waals surface area contributed by atoms with Gasteiger partial charge in [-0.25, -0.2) is 0 Å². The van der Waals surface area contributed by atoms with E-state index in [9.17, 15) is 0 Å². The highest BCUT2D eigenvalue weighted by atomic mass is 14.7. The highest BCUT2D eigenvalue weighted by Crippen LogP contribution is 2.39. The van der Waals surface area contributed by atoms with Crippen LogP contribution in [0.5, 0.6) is 0 Å². The average Bonchev–Trinajstić information content (AvgIpc) is 2.82. The van der Waals surface area contributed by atoms with Gasteiger partial charge in [0.1, 0.15) is 0 Å². The second-order valence-corrected chi connectivity index (χ2v) is 8.68. The van der Waals surface area contributed by atoms with Gasteiger partial charge in [0.15, 0.2) is 0 Å². The first-order valence-corrected chi connectivity index (χ1v) is 11.4. The molecule has 1 heterocycles. The van der Waals surface area contributed by atoms with E-state index in [-0.39, 0.29) is 0 Å². The predicted octanol–water partition coefficient (Wildman–Crippen LogP) is 8.73. The molecule has 1 atom stereocenters. The maximum Gasteiger partial charge on any atom is 0.0752 e. The minimum atomic E-state index is 0.379. The summed E-state index contributed by atoms with van der Waals surface area (Å²) in [5.41, 5.74) is 10.7. The maximum absolute atomic E-state index is 5.10. The summed E-state index contributed by atoms with van der Waals surface area (Å²) in [6.07, 6.45) is 3.26. The number of aromatic nitrogens is 1. The minimum Gasteiger partial charge on any atom is -0.253 e. The van der Waals surface area contributed by atoms with Crippen LogP contribution in [0.4, 0.5) is 0 Å². The van der Waals surface area contributed by atoms with Gasteiger partial charge in [-0.05, 0) is 65.6 Å². The van der Waals surface area contributed by atoms with E-state index < -0.39 is 0 Å². The molecule has 0 aliphatic heterocycles. The Bertz CT molecular complexity index is 1280. The number of nitrogens with zero attached hydrogens (tertiary/aromatic N) is 1. The van der Waals surface area contributed by atoms with E-state index in [1.807, 2.05) is 0 Å². The molecule has 1 unspecified atom stereocenters. The normalized spacial score (nSPS) is 12.7. The molecule has 0 aliphatic rings. The standard InChI is InChI=1S/C31H31N/c1-6-22(4)30-26(28(19-21(2)3)24-13-9-7-10-14-24)17-18-27-29(20-23(5)32-31(27)30)25-15-11-8-12-16-25/h7-20,22H,2,6H2,1,3-5H3. The molecule has 0 saturated carbocycles. The third-order valence-corrected chi connectivity index (χ3v) is 6.10. The fraction of sp³-hybridized carbons (Fsp3) is 0.194. The third-order valence-electron chi connectivity index (χ3n) is 6.10. The van der Waals surface area contributed by atoms with Crippen LogP contribution in [0.25, 0.3) is 27.6 Å². The zero-order valence-corrected chi connectivity index (χ0v) is 19.5. The van der Waals surface area contributed by atoms with Crippen LogP contribution in [0.3, 0.4) is 0 Å². The summed E-state index contributed by atoms with van der Waals surface area (Å²) in [5.74, 6) is 0.379. The van der Waals surface area contributed by atoms with Crippen LogP contribution < -0.4 is 0 Å². The highest BCUT2D eigenvalue weighted by molar-refractivity contribution is 6.00. The van der Waals surface area contributed by atoms with Crippen LogP contribution in [-0.2, 0) is 0 Å². The van der Waals surface area contributed by atoms with Gasteiger partial charge >= 0.3 is 0 Å². The molecule has 0 aliphatic carbocycles. The summed E-state index contributed by atoms with van der Waals surface area (Å²) >= 11 is 0. The number of benzene rings is 3. The predicted molar refractivity (Wildman–Crippen MR) is 139 cm³/mol. The monoisotopic (exact) mass is 417 g/mol. The molecule has 0 fully saturated rings. The Morgan fingerprint density at radius 2 is 1.62 bits per heavy atom. The number of fused-ring (bicyclic) bond motifs is 1. The Morgan fingerprint density at radius 3 is 2.25 bits per heavy atom. The van der Waals surface area contributed by atoms with Gasteiger partial charge in [-0.2, -0.15) is 0 Å². The minimum absolute atomic E-state index is 0.379. The largest absolute Gasteiger partial charge is 0.253 e. The average molecular weight is 418 g/mol. The molecule has 0 amide bonds. The molecular formula is C31H31N. The van der Waals surface area contributed by atoms with Crippen LogP contribution in [0, 0.1) is 6.92 Å². The number of rotatable bonds is 6. The molecular weight excluding hydrogens is 386 g/mol. The Morgan fingerprint density at radius 1 is 0.969 bits per heavy atom. The van der Waals surface area contributed by atoms with E-state index in [1.54, 1.807) is 0 Å². The lowest BCUT2D eigenvalue weighted by atomic mass is 9.84. The molecule has 0 radical (unpaired) electrons. The van der Waals surface area contributed by atoms with Gasteiger partial charge in [-0.1, -0.05) is 105 Å². The summed E-state index contributed by atoms with van der Waals surface area (Å²) in [7, 11) is 0. The molecule has 0 N–H and O–H groups in total. The van der Waals surface area contributed by atoms with Crippen molar-refractivity contribution in [3.05, 3.63) is 119 Å². The fourth-order valence-corrected chi connectivity index (χ4v) is 4.42. The van der Waals surface area contributed by atoms with Crippen molar-refractivity contribution in [2.75, 3.05) is 0 Å². The van der Waals surface area contributed by atoms with Crippen LogP contribution in [-0.4, -0.2) is 4.98 Å². The molecule has 1 aromatic heterocycles. The van der Waals surface area contributed by atoms with E-state index >= 15 is 0 Å². The molecule has 160 valence electrons. The van der Waals surface area contributed by atoms with E-state index in [0.717, 1.165) is 23.2 Å². The first-order valence-electron chi connectivity index (χ1n) is 11.4. The van der Waals surface area contributed by atoms with Crippen LogP contribution in [0.1, 0.15) is 55.5 Å². The van der Waals surface area contributed by atoms with Crippen LogP contribution in [0.15, 0.2) is 97.1 Å². The summed E-state index contributed by atoms with van der Waals surface area (Å²) < 4.78 is 0. The number of allylic oxidation sites excluding steroid dienone is 2. The molecule has 0 bridgehead atoms. The summed E-state index contributed by atoms with van der Waals surface area (Å²) in [4.78, 5) is 5.10. The van der Waals surface area contributed by atoms with Crippen molar-refractivity contribution in [2.45, 2.75) is 40.0 Å². The van der Waals surface area contributed by atoms with Crippen molar-refractivity contribution in [1.82, 2.24) is 4.98 Å². The first kappa shape index (κ1) is 21.8. The maximum atomic E-state index is 5.10. The quantitative estimate of drug-likeness (QED) is 0.286. The van der Waals surface area contributed by atoms with Gasteiger partial charge in [0.05, 0.1) is 5.52 Å². The Labute approximate surface area is 192 Å². The molecule has 32 heavy (non-hydrogen) atoms. The van der Waals surface area contributed by atoms with Crippen molar-refractivity contribution in [3.63, 3.8) is 0 Å². The Hall–Kier alpha value is -3.45. The van der Waals surface area contributed by atoms with E-state index in [2.05, 4.69) is 119 Å². The van der Waals surface area contributed by atoms with E-state index in [4.69, 9.17) is 4.98 Å². The first-order chi connectivity index (χ1) is 15.5. The van der Waals surface area contributed by atoms with Gasteiger partial charge in [0.2, 0.25) is 0 Å². The molecule has 1 nitrogen and oxygen atoms in total. The Balaban J connectivity index is 2.08. The smallest absolute Gasteiger partial charge is 0.0752 e. The lowest BCUT2D eigenvalue weighted by molar-refractivity contribution is 0.736. The van der Waals surface area contributed by atoms with Crippen molar-refractivity contribution in [1.29, 1.82) is 0 Å². The number of hydrogen-bond donors (Lipinski definition) is 0. The van der Waals surface area contributed by atoms with Crippen molar-refractivity contribution < 1.29 is 0 Å². The fourth-order valence-electron chi connectivity index (χ4n) is 4.42. The molecule has 0 saturated heterocycles. The van der Waals surface area contributed by atoms with Gasteiger partial charge < -0.3 is 0 Å². The van der Waals surface area contributed by atoms with Gasteiger partial charge in [-0.15, -0.1) is 0 Å². The third kappa shape index (κ3) is 4.29. The second-order valence-electron chi connectivity index (χ2n) is 8.68. The molecule has 3 aromatic carbocycles. The van der Waals surface area contributed by atoms with Crippen LogP contribution in [0.2, 0.25) is 0 Å². The van der Waals surface area contributed by atoms with Crippen molar-refractivity contribution >= 4 is 16.5 Å². The zero-order valence-electron chi connectivity index (χ0n) is 19.5. The molecule has 0 spiro atoms. The van der Waals surface area contributed by atoms with Gasteiger partial charge in [-0.3, -0.25) is 4.98 Å². The number of pyridine rings is 1. The highest BCUT2D eigenvalue weighted by Gasteiger charge is 2.20. The zero-order chi connectivity index (χ0) is 22.7. The Kier molecular flexibility index (Phi) is 6.37. The van der Waals surface area contributed by atoms with Gasteiger partial charge in [0.25, 0.3) is 0 Å². The summed E-state index contributed by atoms with van der Waals surface area (Å²) in [6, 6.07) is 28.0. The van der Waals surface area contributed by atoms with E-state index in [0.29, 0.717) is 5.92 Å². The van der Waals surface area contributed by atoms with E-state index in [1.165, 1.54) is 38.8 Å². The number of aryl methyl sites for hydroxylation is 1. The second kappa shape index (κ2) is 9.36. The van der Waals surface area contributed by atoms with Crippen molar-refractivity contribution in [3.8, 4) is 11.1 Å². The molecule has 1 heteroatoms. The summed E-state index contributed by atoms with van der Waals surface area (Å²) in [5, 5.41) is 1.21. The van der Waals surface area contributed by atoms with Crippen LogP contribution >= 0.6 is 0 Å².